The number of thiophene rings is 1. The second kappa shape index (κ2) is 8.00. The first-order chi connectivity index (χ1) is 11.0. The molecule has 2 aromatic rings. The van der Waals surface area contributed by atoms with Gasteiger partial charge < -0.3 is 15.5 Å². The fraction of sp³-hybridized carbons (Fsp3) is 0.267. The minimum absolute atomic E-state index is 0.0587. The van der Waals surface area contributed by atoms with E-state index in [1.165, 1.54) is 21.9 Å². The molecular weight excluding hydrogens is 332 g/mol. The van der Waals surface area contributed by atoms with Gasteiger partial charge in [0, 0.05) is 17.8 Å². The Bertz CT molecular complexity index is 657. The quantitative estimate of drug-likeness (QED) is 0.421. The molecule has 1 heterocycles. The third-order valence-corrected chi connectivity index (χ3v) is 4.62. The van der Waals surface area contributed by atoms with Crippen LogP contribution < -0.4 is 15.5 Å². The largest absolute Gasteiger partial charge is 0.356 e. The monoisotopic (exact) mass is 351 g/mol. The van der Waals surface area contributed by atoms with Crippen LogP contribution in [0.1, 0.15) is 10.9 Å². The van der Waals surface area contributed by atoms with Crippen molar-refractivity contribution in [3.8, 4) is 0 Å². The normalized spacial score (nSPS) is 12.0. The number of anilines is 1. The van der Waals surface area contributed by atoms with E-state index in [2.05, 4.69) is 36.2 Å². The van der Waals surface area contributed by atoms with Crippen molar-refractivity contribution < 1.29 is 9.82 Å². The Balaban J connectivity index is 1.90. The van der Waals surface area contributed by atoms with Gasteiger partial charge >= 0.3 is 0 Å². The third kappa shape index (κ3) is 4.98. The van der Waals surface area contributed by atoms with Crippen LogP contribution in [0.2, 0.25) is 0 Å². The Hall–Kier alpha value is -2.03. The van der Waals surface area contributed by atoms with Crippen LogP contribution in [-0.2, 0) is 0 Å². The molecule has 0 spiro atoms. The van der Waals surface area contributed by atoms with E-state index in [0.717, 1.165) is 5.69 Å². The molecule has 8 heteroatoms. The molecule has 122 valence electrons. The van der Waals surface area contributed by atoms with Crippen LogP contribution in [0.15, 0.2) is 41.8 Å². The summed E-state index contributed by atoms with van der Waals surface area (Å²) in [5.74, 6) is 0. The summed E-state index contributed by atoms with van der Waals surface area (Å²) in [6, 6.07) is 10.7. The highest BCUT2D eigenvalue weighted by molar-refractivity contribution is 7.80. The summed E-state index contributed by atoms with van der Waals surface area (Å²) in [6.07, 6.45) is 0. The number of thiocarbonyl (C=S) groups is 1. The number of nitrogens with one attached hydrogen (secondary N) is 3. The number of nitro benzene ring substituents is 1. The molecule has 23 heavy (non-hydrogen) atoms. The number of quaternary nitrogens is 1. The highest BCUT2D eigenvalue weighted by atomic mass is 32.1. The number of nitro groups is 1. The van der Waals surface area contributed by atoms with Crippen molar-refractivity contribution in [2.75, 3.05) is 26.0 Å². The van der Waals surface area contributed by atoms with E-state index in [1.807, 2.05) is 6.07 Å². The summed E-state index contributed by atoms with van der Waals surface area (Å²) in [4.78, 5) is 12.8. The van der Waals surface area contributed by atoms with Gasteiger partial charge in [-0.1, -0.05) is 6.07 Å². The molecule has 0 amide bonds. The Morgan fingerprint density at radius 2 is 2.04 bits per heavy atom. The van der Waals surface area contributed by atoms with Gasteiger partial charge in [0.25, 0.3) is 5.69 Å². The second-order valence-corrected chi connectivity index (χ2v) is 6.67. The van der Waals surface area contributed by atoms with Crippen LogP contribution in [0.3, 0.4) is 0 Å². The lowest BCUT2D eigenvalue weighted by Gasteiger charge is -2.21. The van der Waals surface area contributed by atoms with E-state index in [0.29, 0.717) is 17.7 Å². The predicted molar refractivity (Wildman–Crippen MR) is 97.2 cm³/mol. The fourth-order valence-electron chi connectivity index (χ4n) is 2.12. The van der Waals surface area contributed by atoms with Crippen LogP contribution in [0, 0.1) is 10.1 Å². The lowest BCUT2D eigenvalue weighted by Crippen LogP contribution is -3.06. The van der Waals surface area contributed by atoms with Gasteiger partial charge in [-0.05, 0) is 35.8 Å². The molecule has 0 aliphatic rings. The molecule has 2 rings (SSSR count). The summed E-state index contributed by atoms with van der Waals surface area (Å²) >= 11 is 7.02. The number of likely N-dealkylation sites (N-methyl/N-ethyl adjacent to an activating group) is 1. The summed E-state index contributed by atoms with van der Waals surface area (Å²) in [6.45, 7) is 0.710. The van der Waals surface area contributed by atoms with Gasteiger partial charge in [0.2, 0.25) is 0 Å². The average Bonchev–Trinajstić information content (AvgIpc) is 3.01. The number of hydrogen-bond donors (Lipinski definition) is 3. The van der Waals surface area contributed by atoms with Gasteiger partial charge in [-0.3, -0.25) is 10.1 Å². The first-order valence-electron chi connectivity index (χ1n) is 7.10. The van der Waals surface area contributed by atoms with Crippen molar-refractivity contribution in [1.82, 2.24) is 5.32 Å². The zero-order chi connectivity index (χ0) is 16.8. The first-order valence-corrected chi connectivity index (χ1v) is 8.39. The van der Waals surface area contributed by atoms with E-state index < -0.39 is 4.92 Å². The first kappa shape index (κ1) is 17.3. The summed E-state index contributed by atoms with van der Waals surface area (Å²) in [7, 11) is 4.22. The summed E-state index contributed by atoms with van der Waals surface area (Å²) in [5.41, 5.74) is 0.779. The van der Waals surface area contributed by atoms with Gasteiger partial charge in [0.1, 0.15) is 6.04 Å². The molecular formula is C15H19N4O2S2+. The van der Waals surface area contributed by atoms with Crippen LogP contribution >= 0.6 is 23.6 Å². The number of rotatable bonds is 6. The number of benzene rings is 1. The smallest absolute Gasteiger partial charge is 0.269 e. The van der Waals surface area contributed by atoms with E-state index in [1.54, 1.807) is 23.5 Å². The van der Waals surface area contributed by atoms with Crippen molar-refractivity contribution in [2.45, 2.75) is 6.04 Å². The second-order valence-electron chi connectivity index (χ2n) is 5.28. The Morgan fingerprint density at radius 3 is 2.57 bits per heavy atom. The minimum atomic E-state index is -0.425. The van der Waals surface area contributed by atoms with Crippen LogP contribution in [0.25, 0.3) is 0 Å². The van der Waals surface area contributed by atoms with E-state index in [-0.39, 0.29) is 5.69 Å². The predicted octanol–water partition coefficient (Wildman–Crippen LogP) is 1.83. The molecule has 0 aliphatic heterocycles. The van der Waals surface area contributed by atoms with E-state index in [4.69, 9.17) is 12.2 Å². The van der Waals surface area contributed by atoms with Gasteiger partial charge in [-0.25, -0.2) is 0 Å². The van der Waals surface area contributed by atoms with Crippen molar-refractivity contribution >= 4 is 40.0 Å². The third-order valence-electron chi connectivity index (χ3n) is 3.39. The molecule has 0 radical (unpaired) electrons. The van der Waals surface area contributed by atoms with Crippen molar-refractivity contribution in [3.05, 3.63) is 56.8 Å². The van der Waals surface area contributed by atoms with Crippen LogP contribution in [0.5, 0.6) is 0 Å². The Morgan fingerprint density at radius 1 is 1.35 bits per heavy atom. The van der Waals surface area contributed by atoms with Gasteiger partial charge in [-0.2, -0.15) is 0 Å². The maximum atomic E-state index is 10.6. The molecule has 1 atom stereocenters. The molecule has 0 saturated carbocycles. The minimum Gasteiger partial charge on any atom is -0.356 e. The molecule has 0 saturated heterocycles. The molecule has 0 fully saturated rings. The molecule has 0 bridgehead atoms. The molecule has 0 unspecified atom stereocenters. The van der Waals surface area contributed by atoms with Crippen LogP contribution in [-0.4, -0.2) is 30.7 Å². The number of non-ortho nitro benzene ring substituents is 1. The number of hydrogen-bond acceptors (Lipinski definition) is 4. The molecule has 1 aromatic carbocycles. The lowest BCUT2D eigenvalue weighted by molar-refractivity contribution is -0.890. The molecule has 6 nitrogen and oxygen atoms in total. The summed E-state index contributed by atoms with van der Waals surface area (Å²) in [5, 5.41) is 19.5. The van der Waals surface area contributed by atoms with Gasteiger partial charge in [-0.15, -0.1) is 11.3 Å². The Kier molecular flexibility index (Phi) is 6.03. The summed E-state index contributed by atoms with van der Waals surface area (Å²) < 4.78 is 0. The SMILES string of the molecule is C[NH+](C)[C@H](CNC(=S)Nc1ccc([N+](=O)[O-])cc1)c1cccs1. The highest BCUT2D eigenvalue weighted by Gasteiger charge is 2.18. The van der Waals surface area contributed by atoms with Crippen molar-refractivity contribution in [3.63, 3.8) is 0 Å². The van der Waals surface area contributed by atoms with Crippen molar-refractivity contribution in [1.29, 1.82) is 0 Å². The van der Waals surface area contributed by atoms with Gasteiger partial charge in [0.15, 0.2) is 5.11 Å². The topological polar surface area (TPSA) is 71.6 Å². The van der Waals surface area contributed by atoms with Crippen LogP contribution in [0.4, 0.5) is 11.4 Å². The fourth-order valence-corrected chi connectivity index (χ4v) is 3.27. The Labute approximate surface area is 144 Å². The lowest BCUT2D eigenvalue weighted by atomic mass is 10.2. The average molecular weight is 351 g/mol. The van der Waals surface area contributed by atoms with Gasteiger partial charge in [0.05, 0.1) is 30.4 Å². The van der Waals surface area contributed by atoms with E-state index in [9.17, 15) is 10.1 Å². The maximum Gasteiger partial charge on any atom is 0.269 e. The zero-order valence-corrected chi connectivity index (χ0v) is 14.5. The molecule has 3 N–H and O–H groups in total. The number of nitrogens with zero attached hydrogens (tertiary/aromatic N) is 1. The highest BCUT2D eigenvalue weighted by Crippen LogP contribution is 2.16. The maximum absolute atomic E-state index is 10.6. The zero-order valence-electron chi connectivity index (χ0n) is 12.9. The van der Waals surface area contributed by atoms with E-state index >= 15 is 0 Å². The standard InChI is InChI=1S/C15H18N4O2S2/c1-18(2)13(14-4-3-9-23-14)10-16-15(22)17-11-5-7-12(8-6-11)19(20)21/h3-9,13H,10H2,1-2H3,(H2,16,17,22)/p+1/t13-/m1/s1. The molecule has 1 aromatic heterocycles. The van der Waals surface area contributed by atoms with Crippen molar-refractivity contribution in [2.24, 2.45) is 0 Å². The molecule has 0 aliphatic carbocycles.